The molecule has 1 amide bonds. The molecule has 1 aliphatic rings. The Morgan fingerprint density at radius 1 is 0.739 bits per heavy atom. The van der Waals surface area contributed by atoms with Crippen LogP contribution in [-0.4, -0.2) is 72.9 Å². The maximum Gasteiger partial charge on any atom is 0.303 e. The molecule has 46 heavy (non-hydrogen) atoms. The van der Waals surface area contributed by atoms with Gasteiger partial charge < -0.3 is 32.8 Å². The number of para-hydroxylation sites is 2. The van der Waals surface area contributed by atoms with Crippen molar-refractivity contribution in [1.82, 2.24) is 0 Å². The van der Waals surface area contributed by atoms with Gasteiger partial charge in [-0.15, -0.1) is 0 Å². The summed E-state index contributed by atoms with van der Waals surface area (Å²) in [6.45, 7) is 5.36. The first-order chi connectivity index (χ1) is 21.8. The van der Waals surface area contributed by atoms with Crippen molar-refractivity contribution in [2.24, 2.45) is 0 Å². The third-order valence-corrected chi connectivity index (χ3v) is 6.68. The lowest BCUT2D eigenvalue weighted by atomic mass is 9.97. The molecule has 2 aromatic carbocycles. The summed E-state index contributed by atoms with van der Waals surface area (Å²) < 4.78 is 39.4. The predicted octanol–water partition coefficient (Wildman–Crippen LogP) is 3.28. The number of benzene rings is 2. The van der Waals surface area contributed by atoms with E-state index in [-0.39, 0.29) is 23.6 Å². The van der Waals surface area contributed by atoms with Crippen LogP contribution in [0.25, 0.3) is 11.0 Å². The van der Waals surface area contributed by atoms with Gasteiger partial charge in [0.2, 0.25) is 24.2 Å². The molecule has 0 unspecified atom stereocenters. The Balaban J connectivity index is 1.71. The lowest BCUT2D eigenvalue weighted by Gasteiger charge is -2.44. The number of ketones is 1. The Morgan fingerprint density at radius 2 is 1.35 bits per heavy atom. The van der Waals surface area contributed by atoms with Crippen molar-refractivity contribution in [2.45, 2.75) is 71.7 Å². The predicted molar refractivity (Wildman–Crippen MR) is 158 cm³/mol. The van der Waals surface area contributed by atoms with E-state index in [4.69, 9.17) is 32.8 Å². The van der Waals surface area contributed by atoms with E-state index in [2.05, 4.69) is 5.32 Å². The molecule has 1 saturated heterocycles. The Bertz CT molecular complexity index is 1640. The van der Waals surface area contributed by atoms with E-state index in [1.165, 1.54) is 6.92 Å². The van der Waals surface area contributed by atoms with Gasteiger partial charge in [-0.25, -0.2) is 0 Å². The molecule has 3 aromatic rings. The monoisotopic (exact) mass is 639 g/mol. The van der Waals surface area contributed by atoms with Gasteiger partial charge in [-0.05, 0) is 12.1 Å². The van der Waals surface area contributed by atoms with E-state index < -0.39 is 72.9 Å². The van der Waals surface area contributed by atoms with Crippen molar-refractivity contribution in [3.63, 3.8) is 0 Å². The largest absolute Gasteiger partial charge is 0.463 e. The summed E-state index contributed by atoms with van der Waals surface area (Å²) in [7, 11) is 0. The van der Waals surface area contributed by atoms with Gasteiger partial charge in [0.1, 0.15) is 24.0 Å². The van der Waals surface area contributed by atoms with Crippen molar-refractivity contribution in [1.29, 1.82) is 0 Å². The highest BCUT2D eigenvalue weighted by atomic mass is 16.7. The maximum atomic E-state index is 13.7. The van der Waals surface area contributed by atoms with Gasteiger partial charge in [0, 0.05) is 52.0 Å². The van der Waals surface area contributed by atoms with Crippen molar-refractivity contribution < 1.29 is 61.6 Å². The van der Waals surface area contributed by atoms with Crippen LogP contribution in [0.4, 0.5) is 5.88 Å². The number of Topliss-reactive ketones (excluding diaryl/α,β-unsaturated/α-hetero) is 1. The van der Waals surface area contributed by atoms with E-state index >= 15 is 0 Å². The number of esters is 4. The topological polar surface area (TPSA) is 183 Å². The van der Waals surface area contributed by atoms with Crippen LogP contribution in [0.3, 0.4) is 0 Å². The molecule has 0 bridgehead atoms. The number of rotatable bonds is 11. The molecule has 0 aliphatic carbocycles. The third kappa shape index (κ3) is 8.27. The maximum absolute atomic E-state index is 13.7. The van der Waals surface area contributed by atoms with Gasteiger partial charge in [0.15, 0.2) is 18.0 Å². The Hall–Kier alpha value is -5.24. The van der Waals surface area contributed by atoms with E-state index in [1.54, 1.807) is 48.5 Å². The van der Waals surface area contributed by atoms with Gasteiger partial charge >= 0.3 is 23.9 Å². The fraction of sp³-hybridized carbons (Fsp3) is 0.375. The highest BCUT2D eigenvalue weighted by Crippen LogP contribution is 2.34. The molecule has 0 spiro atoms. The first kappa shape index (κ1) is 33.6. The molecule has 14 heteroatoms. The molecule has 5 atom stereocenters. The second kappa shape index (κ2) is 14.7. The van der Waals surface area contributed by atoms with E-state index in [1.807, 2.05) is 0 Å². The summed E-state index contributed by atoms with van der Waals surface area (Å²) in [6.07, 6.45) is -7.20. The molecule has 0 saturated carbocycles. The minimum atomic E-state index is -1.50. The molecule has 2 heterocycles. The molecular formula is C32H33NO13. The molecule has 0 radical (unpaired) electrons. The number of fused-ring (bicyclic) bond motifs is 1. The highest BCUT2D eigenvalue weighted by molar-refractivity contribution is 6.13. The molecule has 244 valence electrons. The van der Waals surface area contributed by atoms with Crippen LogP contribution in [0.5, 0.6) is 5.75 Å². The zero-order valence-electron chi connectivity index (χ0n) is 25.7. The van der Waals surface area contributed by atoms with E-state index in [0.29, 0.717) is 16.5 Å². The number of carbonyl (C=O) groups excluding carboxylic acids is 6. The summed E-state index contributed by atoms with van der Waals surface area (Å²) in [6, 6.07) is 13.3. The van der Waals surface area contributed by atoms with Crippen molar-refractivity contribution >= 4 is 52.4 Å². The summed E-state index contributed by atoms with van der Waals surface area (Å²) in [5, 5.41) is 3.05. The molecular weight excluding hydrogens is 606 g/mol. The second-order valence-corrected chi connectivity index (χ2v) is 10.4. The van der Waals surface area contributed by atoms with Gasteiger partial charge in [-0.3, -0.25) is 34.1 Å². The first-order valence-electron chi connectivity index (χ1n) is 14.2. The number of hydrogen-bond acceptors (Lipinski definition) is 13. The summed E-state index contributed by atoms with van der Waals surface area (Å²) in [4.78, 5) is 73.6. The Morgan fingerprint density at radius 3 is 2.00 bits per heavy atom. The molecule has 1 aliphatic heterocycles. The van der Waals surface area contributed by atoms with Crippen LogP contribution < -0.4 is 10.1 Å². The summed E-state index contributed by atoms with van der Waals surface area (Å²) in [5.74, 6) is -3.73. The molecule has 4 rings (SSSR count). The van der Waals surface area contributed by atoms with E-state index in [0.717, 1.165) is 27.7 Å². The molecule has 14 nitrogen and oxygen atoms in total. The Labute approximate surface area is 263 Å². The molecule has 1 aromatic heterocycles. The van der Waals surface area contributed by atoms with Crippen LogP contribution in [-0.2, 0) is 54.1 Å². The zero-order valence-corrected chi connectivity index (χ0v) is 25.7. The van der Waals surface area contributed by atoms with Crippen molar-refractivity contribution in [3.8, 4) is 5.75 Å². The normalized spacial score (nSPS) is 20.7. The lowest BCUT2D eigenvalue weighted by Crippen LogP contribution is -2.63. The van der Waals surface area contributed by atoms with Crippen molar-refractivity contribution in [2.75, 3.05) is 11.9 Å². The van der Waals surface area contributed by atoms with E-state index in [9.17, 15) is 28.8 Å². The fourth-order valence-corrected chi connectivity index (χ4v) is 5.01. The van der Waals surface area contributed by atoms with Gasteiger partial charge in [-0.1, -0.05) is 36.4 Å². The number of anilines is 1. The Kier molecular flexibility index (Phi) is 10.7. The molecule has 1 N–H and O–H groups in total. The zero-order chi connectivity index (χ0) is 33.5. The van der Waals surface area contributed by atoms with Gasteiger partial charge in [0.25, 0.3) is 0 Å². The average Bonchev–Trinajstić information content (AvgIpc) is 3.32. The second-order valence-electron chi connectivity index (χ2n) is 10.4. The standard InChI is InChI=1S/C32H33NO13/c1-16(34)33-31-27(22-11-7-9-13-25(22)44-31)23(39)14-21-10-6-8-12-24(21)45-32-30(43-20(5)38)29(42-19(4)37)28(41-18(3)36)26(46-32)15-40-17(2)35/h6-13,26,28-30,32H,14-15H2,1-5H3,(H,33,34)/t26-,28-,29+,30-,32-/m1/s1. The van der Waals surface area contributed by atoms with Crippen LogP contribution in [0.2, 0.25) is 0 Å². The minimum Gasteiger partial charge on any atom is -0.463 e. The minimum absolute atomic E-state index is 0.00307. The smallest absolute Gasteiger partial charge is 0.303 e. The number of carbonyl (C=O) groups is 6. The number of nitrogens with one attached hydrogen (secondary N) is 1. The fourth-order valence-electron chi connectivity index (χ4n) is 5.01. The van der Waals surface area contributed by atoms with Crippen molar-refractivity contribution in [3.05, 3.63) is 59.7 Å². The van der Waals surface area contributed by atoms with Gasteiger partial charge in [0.05, 0.1) is 5.56 Å². The number of ether oxygens (including phenoxy) is 6. The quantitative estimate of drug-likeness (QED) is 0.183. The highest BCUT2D eigenvalue weighted by Gasteiger charge is 2.53. The number of hydrogen-bond donors (Lipinski definition) is 1. The van der Waals surface area contributed by atoms with Crippen LogP contribution >= 0.6 is 0 Å². The average molecular weight is 640 g/mol. The van der Waals surface area contributed by atoms with Crippen LogP contribution in [0.15, 0.2) is 52.9 Å². The summed E-state index contributed by atoms with van der Waals surface area (Å²) >= 11 is 0. The SMILES string of the molecule is CC(=O)Nc1oc2ccccc2c1C(=O)Cc1ccccc1O[C@@H]1O[C@H](COC(C)=O)[C@@H](OC(C)=O)[C@H](OC(C)=O)[C@H]1OC(C)=O. The first-order valence-corrected chi connectivity index (χ1v) is 14.2. The van der Waals surface area contributed by atoms with Crippen LogP contribution in [0, 0.1) is 0 Å². The van der Waals surface area contributed by atoms with Crippen LogP contribution in [0.1, 0.15) is 50.5 Å². The van der Waals surface area contributed by atoms with Gasteiger partial charge in [-0.2, -0.15) is 0 Å². The number of furan rings is 1. The number of amides is 1. The summed E-state index contributed by atoms with van der Waals surface area (Å²) in [5.41, 5.74) is 0.934. The third-order valence-electron chi connectivity index (χ3n) is 6.68. The lowest BCUT2D eigenvalue weighted by molar-refractivity contribution is -0.288. The molecule has 1 fully saturated rings.